The average molecular weight is 750 g/mol. The Kier molecular flexibility index (Phi) is 14.4. The van der Waals surface area contributed by atoms with E-state index in [-0.39, 0.29) is 5.54 Å². The van der Waals surface area contributed by atoms with Gasteiger partial charge in [0.2, 0.25) is 5.82 Å². The SMILES string of the molecule is CC[Si](CC)(CC)CCCCCC[Si](CC[Si](CC)(CC)CC)(Oc1c(F)c(F)c2c(F)c3c(F)c(F)c(F)[c]c3c(F)c2c1F)C(C)C. The lowest BCUT2D eigenvalue weighted by atomic mass is 9.99. The highest BCUT2D eigenvalue weighted by Gasteiger charge is 2.44. The van der Waals surface area contributed by atoms with Crippen LogP contribution in [0, 0.1) is 52.6 Å². The molecule has 275 valence electrons. The van der Waals surface area contributed by atoms with Crippen molar-refractivity contribution in [2.75, 3.05) is 0 Å². The first kappa shape index (κ1) is 41.5. The van der Waals surface area contributed by atoms with Gasteiger partial charge in [0.1, 0.15) is 11.6 Å². The molecule has 0 amide bonds. The minimum atomic E-state index is -3.17. The Morgan fingerprint density at radius 1 is 0.490 bits per heavy atom. The van der Waals surface area contributed by atoms with Gasteiger partial charge in [-0.2, -0.15) is 4.39 Å². The fraction of sp³-hybridized carbons (Fsp3) is 0.622. The highest BCUT2D eigenvalue weighted by molar-refractivity contribution is 6.83. The van der Waals surface area contributed by atoms with Gasteiger partial charge in [-0.25, -0.2) is 30.7 Å². The lowest BCUT2D eigenvalue weighted by Gasteiger charge is -2.39. The number of hydrogen-bond acceptors (Lipinski definition) is 1. The maximum Gasteiger partial charge on any atom is 0.253 e. The molecule has 0 aliphatic rings. The number of fused-ring (bicyclic) bond motifs is 2. The second kappa shape index (κ2) is 17.1. The summed E-state index contributed by atoms with van der Waals surface area (Å²) in [5.74, 6) is -16.7. The lowest BCUT2D eigenvalue weighted by molar-refractivity contribution is 0.408. The van der Waals surface area contributed by atoms with Gasteiger partial charge in [0, 0.05) is 11.5 Å². The molecule has 1 radical (unpaired) electrons. The Bertz CT molecular complexity index is 1590. The summed E-state index contributed by atoms with van der Waals surface area (Å²) in [6.07, 6.45) is 3.78. The summed E-state index contributed by atoms with van der Waals surface area (Å²) < 4.78 is 128. The van der Waals surface area contributed by atoms with Crippen LogP contribution in [0.25, 0.3) is 21.5 Å². The zero-order valence-electron chi connectivity index (χ0n) is 30.4. The van der Waals surface area contributed by atoms with Crippen molar-refractivity contribution in [3.05, 3.63) is 52.6 Å². The monoisotopic (exact) mass is 749 g/mol. The third-order valence-corrected chi connectivity index (χ3v) is 29.5. The molecule has 0 spiro atoms. The van der Waals surface area contributed by atoms with Gasteiger partial charge in [0.15, 0.2) is 34.8 Å². The molecule has 0 aliphatic carbocycles. The summed E-state index contributed by atoms with van der Waals surface area (Å²) in [5, 5.41) is -5.64. The molecule has 0 saturated carbocycles. The Balaban J connectivity index is 2.13. The summed E-state index contributed by atoms with van der Waals surface area (Å²) in [6.45, 7) is 17.2. The van der Waals surface area contributed by atoms with Crippen LogP contribution in [-0.4, -0.2) is 24.5 Å². The fourth-order valence-corrected chi connectivity index (χ4v) is 21.0. The third kappa shape index (κ3) is 8.11. The average Bonchev–Trinajstić information content (AvgIpc) is 3.09. The minimum absolute atomic E-state index is 0.166. The van der Waals surface area contributed by atoms with Crippen LogP contribution in [0.4, 0.5) is 35.1 Å². The molecule has 3 rings (SSSR count). The number of hydrogen-bond donors (Lipinski definition) is 0. The largest absolute Gasteiger partial charge is 0.539 e. The van der Waals surface area contributed by atoms with Gasteiger partial charge in [-0.15, -0.1) is 0 Å². The standard InChI is InChI=1S/C37H53F8OSi3/c1-9-47(10-2,11-3)19-17-15-16-18-20-49(24(7)8,22-21-48(12-4,13-5)14-6)46-37-35(44)28-29(34(43)36(37)45)32(41)27-25(30(28)39)23-26(38)31(40)33(27)42/h24H,9-22H2,1-8H3. The Morgan fingerprint density at radius 2 is 0.959 bits per heavy atom. The van der Waals surface area contributed by atoms with Crippen LogP contribution in [0.1, 0.15) is 81.1 Å². The van der Waals surface area contributed by atoms with Crippen molar-refractivity contribution >= 4 is 46.0 Å². The van der Waals surface area contributed by atoms with Crippen LogP contribution < -0.4 is 4.43 Å². The first-order chi connectivity index (χ1) is 23.1. The van der Waals surface area contributed by atoms with Crippen LogP contribution in [0.15, 0.2) is 0 Å². The van der Waals surface area contributed by atoms with Crippen LogP contribution in [0.5, 0.6) is 5.75 Å². The number of rotatable bonds is 19. The molecule has 1 nitrogen and oxygen atoms in total. The maximum absolute atomic E-state index is 16.3. The lowest BCUT2D eigenvalue weighted by Crippen LogP contribution is -2.47. The zero-order chi connectivity index (χ0) is 36.9. The molecule has 0 saturated heterocycles. The fourth-order valence-electron chi connectivity index (χ4n) is 7.75. The summed E-state index contributed by atoms with van der Waals surface area (Å²) in [5.41, 5.74) is -0.166. The van der Waals surface area contributed by atoms with Crippen molar-refractivity contribution in [1.82, 2.24) is 0 Å². The molecule has 1 atom stereocenters. The van der Waals surface area contributed by atoms with E-state index in [1.54, 1.807) is 6.07 Å². The summed E-state index contributed by atoms with van der Waals surface area (Å²) in [4.78, 5) is 0. The van der Waals surface area contributed by atoms with Gasteiger partial charge in [0.05, 0.1) is 32.3 Å². The highest BCUT2D eigenvalue weighted by atomic mass is 28.4. The van der Waals surface area contributed by atoms with Crippen molar-refractivity contribution < 1.29 is 39.5 Å². The van der Waals surface area contributed by atoms with Gasteiger partial charge in [-0.1, -0.05) is 129 Å². The van der Waals surface area contributed by atoms with Crippen molar-refractivity contribution in [2.45, 2.75) is 147 Å². The number of halogens is 8. The van der Waals surface area contributed by atoms with Crippen LogP contribution in [0.2, 0.25) is 66.0 Å². The van der Waals surface area contributed by atoms with Gasteiger partial charge >= 0.3 is 0 Å². The molecule has 1 unspecified atom stereocenters. The van der Waals surface area contributed by atoms with E-state index in [0.29, 0.717) is 12.1 Å². The number of benzene rings is 3. The highest BCUT2D eigenvalue weighted by Crippen LogP contribution is 2.45. The van der Waals surface area contributed by atoms with Crippen LogP contribution in [0.3, 0.4) is 0 Å². The minimum Gasteiger partial charge on any atom is -0.539 e. The van der Waals surface area contributed by atoms with E-state index in [1.165, 1.54) is 24.2 Å². The Hall–Kier alpha value is -1.93. The molecule has 0 aromatic heterocycles. The molecule has 3 aromatic rings. The Morgan fingerprint density at radius 3 is 1.47 bits per heavy atom. The molecule has 3 aromatic carbocycles. The van der Waals surface area contributed by atoms with Gasteiger partial charge < -0.3 is 4.43 Å². The zero-order valence-corrected chi connectivity index (χ0v) is 33.4. The summed E-state index contributed by atoms with van der Waals surface area (Å²) in [7, 11) is -6.17. The van der Waals surface area contributed by atoms with Crippen LogP contribution in [-0.2, 0) is 0 Å². The van der Waals surface area contributed by atoms with Crippen LogP contribution >= 0.6 is 0 Å². The van der Waals surface area contributed by atoms with E-state index in [4.69, 9.17) is 4.43 Å². The van der Waals surface area contributed by atoms with E-state index in [1.807, 2.05) is 13.8 Å². The second-order valence-electron chi connectivity index (χ2n) is 14.3. The predicted molar refractivity (Wildman–Crippen MR) is 194 cm³/mol. The molecule has 0 aliphatic heterocycles. The van der Waals surface area contributed by atoms with Crippen molar-refractivity contribution in [1.29, 1.82) is 0 Å². The number of unbranched alkanes of at least 4 members (excludes halogenated alkanes) is 3. The summed E-state index contributed by atoms with van der Waals surface area (Å²) >= 11 is 0. The van der Waals surface area contributed by atoms with E-state index in [2.05, 4.69) is 41.5 Å². The van der Waals surface area contributed by atoms with Gasteiger partial charge in [-0.05, 0) is 17.6 Å². The van der Waals surface area contributed by atoms with Crippen molar-refractivity contribution in [2.24, 2.45) is 0 Å². The first-order valence-electron chi connectivity index (χ1n) is 18.1. The summed E-state index contributed by atoms with van der Waals surface area (Å²) in [6, 6.07) is 11.6. The predicted octanol–water partition coefficient (Wildman–Crippen LogP) is 14.2. The topological polar surface area (TPSA) is 9.23 Å². The smallest absolute Gasteiger partial charge is 0.253 e. The molecule has 0 bridgehead atoms. The van der Waals surface area contributed by atoms with E-state index in [9.17, 15) is 13.2 Å². The Labute approximate surface area is 290 Å². The van der Waals surface area contributed by atoms with E-state index < -0.39 is 98.3 Å². The molecule has 12 heteroatoms. The molecule has 0 heterocycles. The molecule has 0 N–H and O–H groups in total. The molecule has 0 fully saturated rings. The normalized spacial score (nSPS) is 14.0. The quantitative estimate of drug-likeness (QED) is 0.0296. The van der Waals surface area contributed by atoms with Gasteiger partial charge in [0.25, 0.3) is 8.32 Å². The molecule has 49 heavy (non-hydrogen) atoms. The molecular formula is C37H53F8OSi3. The third-order valence-electron chi connectivity index (χ3n) is 12.2. The van der Waals surface area contributed by atoms with Gasteiger partial charge in [-0.3, -0.25) is 0 Å². The van der Waals surface area contributed by atoms with Crippen molar-refractivity contribution in [3.63, 3.8) is 0 Å². The second-order valence-corrected chi connectivity index (χ2v) is 30.1. The molecular weight excluding hydrogens is 697 g/mol. The maximum atomic E-state index is 16.3. The van der Waals surface area contributed by atoms with Crippen molar-refractivity contribution in [3.8, 4) is 5.75 Å². The van der Waals surface area contributed by atoms with E-state index >= 15 is 22.0 Å². The first-order valence-corrected chi connectivity index (χ1v) is 26.2. The van der Waals surface area contributed by atoms with E-state index in [0.717, 1.165) is 49.9 Å².